The van der Waals surface area contributed by atoms with Crippen LogP contribution in [0.1, 0.15) is 123 Å². The summed E-state index contributed by atoms with van der Waals surface area (Å²) in [6.45, 7) is 6.06. The molecule has 2 fully saturated rings. The van der Waals surface area contributed by atoms with Gasteiger partial charge in [0.1, 0.15) is 24.7 Å². The van der Waals surface area contributed by atoms with Crippen LogP contribution in [0, 0.1) is 10.8 Å². The summed E-state index contributed by atoms with van der Waals surface area (Å²) in [6.07, 6.45) is 6.83. The summed E-state index contributed by atoms with van der Waals surface area (Å²) in [7, 11) is 3.70. The van der Waals surface area contributed by atoms with Gasteiger partial charge in [-0.2, -0.15) is 0 Å². The molecule has 22 nitrogen and oxygen atoms in total. The van der Waals surface area contributed by atoms with Crippen LogP contribution in [-0.2, 0) is 96.3 Å². The molecule has 3 atom stereocenters. The van der Waals surface area contributed by atoms with Gasteiger partial charge in [0.15, 0.2) is 0 Å². The summed E-state index contributed by atoms with van der Waals surface area (Å²) < 4.78 is 0. The van der Waals surface area contributed by atoms with E-state index in [0.29, 0.717) is 114 Å². The SMILES string of the molecule is CNCc1cc(C(c2ccc(C(=O)O)cc2)N2CCC(C)(C(=O)N(CC(=O)Nc3ccc4c(c3)C[C@@]3(C4)C(=O)Nc4ncccc43)Cc3ccccc3CNC)CC2)ccc1CN(CC(=O)Nc1ccc2c(c1)CC1(C2)C(=O)Nc2ncccc21)C(=O)C1(C)CCN(CC(=O)O)CC1. The minimum Gasteiger partial charge on any atom is -0.480 e. The van der Waals surface area contributed by atoms with Crippen molar-refractivity contribution in [1.82, 2.24) is 40.2 Å². The molecule has 0 bridgehead atoms. The highest BCUT2D eigenvalue weighted by Gasteiger charge is 2.53. The topological polar surface area (TPSA) is 288 Å². The van der Waals surface area contributed by atoms with Gasteiger partial charge in [-0.3, -0.25) is 43.4 Å². The Labute approximate surface area is 569 Å². The summed E-state index contributed by atoms with van der Waals surface area (Å²) in [4.78, 5) is 127. The van der Waals surface area contributed by atoms with Gasteiger partial charge in [-0.25, -0.2) is 14.8 Å². The number of benzene rings is 5. The summed E-state index contributed by atoms with van der Waals surface area (Å²) in [5.74, 6) is -2.26. The Morgan fingerprint density at radius 3 is 1.51 bits per heavy atom. The molecule has 98 heavy (non-hydrogen) atoms. The van der Waals surface area contributed by atoms with E-state index in [-0.39, 0.29) is 67.8 Å². The largest absolute Gasteiger partial charge is 0.480 e. The minimum atomic E-state index is -1.06. The van der Waals surface area contributed by atoms with E-state index in [1.165, 1.54) is 0 Å². The number of carboxylic acids is 2. The van der Waals surface area contributed by atoms with Crippen molar-refractivity contribution in [2.45, 2.75) is 108 Å². The van der Waals surface area contributed by atoms with Gasteiger partial charge in [0, 0.05) is 85.0 Å². The number of rotatable bonds is 22. The molecule has 13 rings (SSSR count). The van der Waals surface area contributed by atoms with E-state index in [2.05, 4.69) is 52.8 Å². The highest BCUT2D eigenvalue weighted by molar-refractivity contribution is 6.07. The van der Waals surface area contributed by atoms with Crippen molar-refractivity contribution in [1.29, 1.82) is 0 Å². The van der Waals surface area contributed by atoms with E-state index < -0.39 is 45.5 Å². The number of carboxylic acid groups (broad SMARTS) is 2. The molecule has 8 N–H and O–H groups in total. The fourth-order valence-electron chi connectivity index (χ4n) is 15.9. The number of nitrogens with one attached hydrogen (secondary N) is 6. The quantitative estimate of drug-likeness (QED) is 0.0324. The van der Waals surface area contributed by atoms with Gasteiger partial charge in [0.25, 0.3) is 0 Å². The van der Waals surface area contributed by atoms with Crippen LogP contribution in [0.4, 0.5) is 23.0 Å². The second-order valence-electron chi connectivity index (χ2n) is 28.0. The van der Waals surface area contributed by atoms with E-state index in [4.69, 9.17) is 0 Å². The number of carbonyl (C=O) groups is 8. The number of hydrogen-bond acceptors (Lipinski definition) is 14. The zero-order chi connectivity index (χ0) is 68.7. The first-order valence-corrected chi connectivity index (χ1v) is 33.6. The lowest BCUT2D eigenvalue weighted by atomic mass is 9.77. The molecule has 506 valence electrons. The third kappa shape index (κ3) is 13.1. The lowest BCUT2D eigenvalue weighted by Gasteiger charge is -2.44. The maximum absolute atomic E-state index is 15.5. The second kappa shape index (κ2) is 27.1. The smallest absolute Gasteiger partial charge is 0.335 e. The Morgan fingerprint density at radius 2 is 1.01 bits per heavy atom. The van der Waals surface area contributed by atoms with Gasteiger partial charge in [-0.15, -0.1) is 0 Å². The predicted molar refractivity (Wildman–Crippen MR) is 369 cm³/mol. The lowest BCUT2D eigenvalue weighted by Crippen LogP contribution is -2.51. The molecule has 0 saturated carbocycles. The van der Waals surface area contributed by atoms with Crippen molar-refractivity contribution >= 4 is 70.4 Å². The summed E-state index contributed by atoms with van der Waals surface area (Å²) in [5, 5.41) is 38.3. The van der Waals surface area contributed by atoms with Crippen molar-refractivity contribution in [2.75, 3.05) is 81.2 Å². The van der Waals surface area contributed by atoms with E-state index in [1.54, 1.807) is 34.3 Å². The Hall–Kier alpha value is -10.00. The average molecular weight is 1320 g/mol. The van der Waals surface area contributed by atoms with Gasteiger partial charge >= 0.3 is 11.9 Å². The molecule has 5 aromatic carbocycles. The standard InChI is InChI=1S/C76H82N12O10/c1-73(23-29-85(30-24-73)46-64(91)92)71(97)88(45-63(90)82-59-22-20-51-37-76(39-56(51)35-59)61-12-8-28-80-67(61)84-70(76)96)43-54-18-17-49(33-57(54)41-78-4)65(47-13-15-48(16-14-47)68(93)94)86-31-25-74(2,26-32-86)72(98)87(42-53-10-6-5-9-52(53)40-77-3)44-62(89)81-58-21-19-50-36-75(38-55(50)34-58)60-11-7-27-79-66(60)83-69(75)95/h5-22,27-28,33-35,65,77-78H,23-26,29-32,36-46H2,1-4H3,(H,81,89)(H,82,90)(H,91,92)(H,93,94)(H,79,83,95)(H,80,84,96)/t65?,75-,76?/m1/s1. The van der Waals surface area contributed by atoms with Crippen LogP contribution in [0.25, 0.3) is 0 Å². The Bertz CT molecular complexity index is 4330. The molecule has 6 aliphatic rings. The zero-order valence-electron chi connectivity index (χ0n) is 55.6. The molecule has 2 aromatic heterocycles. The van der Waals surface area contributed by atoms with Crippen molar-refractivity contribution in [3.05, 3.63) is 212 Å². The van der Waals surface area contributed by atoms with Gasteiger partial charge in [-0.05, 0) is 183 Å². The van der Waals surface area contributed by atoms with Crippen molar-refractivity contribution in [2.24, 2.45) is 10.8 Å². The highest BCUT2D eigenvalue weighted by Crippen LogP contribution is 2.49. The van der Waals surface area contributed by atoms with Crippen LogP contribution in [0.2, 0.25) is 0 Å². The van der Waals surface area contributed by atoms with Crippen LogP contribution in [-0.4, -0.2) is 147 Å². The number of aliphatic carboxylic acids is 1. The molecular weight excluding hydrogens is 1240 g/mol. The third-order valence-electron chi connectivity index (χ3n) is 21.4. The number of aromatic carboxylic acids is 1. The summed E-state index contributed by atoms with van der Waals surface area (Å²) >= 11 is 0. The number of aromatic nitrogens is 2. The number of anilines is 4. The maximum Gasteiger partial charge on any atom is 0.335 e. The van der Waals surface area contributed by atoms with Crippen molar-refractivity contribution in [3.63, 3.8) is 0 Å². The first kappa shape index (κ1) is 66.6. The number of likely N-dealkylation sites (tertiary alicyclic amines) is 2. The molecule has 22 heteroatoms. The number of pyridine rings is 2. The van der Waals surface area contributed by atoms with Crippen LogP contribution in [0.5, 0.6) is 0 Å². The second-order valence-corrected chi connectivity index (χ2v) is 28.0. The lowest BCUT2D eigenvalue weighted by molar-refractivity contribution is -0.147. The molecule has 2 saturated heterocycles. The van der Waals surface area contributed by atoms with Crippen molar-refractivity contribution in [3.8, 4) is 0 Å². The molecule has 4 aliphatic heterocycles. The number of hydrogen-bond donors (Lipinski definition) is 8. The Kier molecular flexibility index (Phi) is 18.4. The summed E-state index contributed by atoms with van der Waals surface area (Å²) in [6, 6.07) is 39.3. The minimum absolute atomic E-state index is 0.0604. The van der Waals surface area contributed by atoms with E-state index in [0.717, 1.165) is 66.8 Å². The molecule has 6 heterocycles. The van der Waals surface area contributed by atoms with Gasteiger partial charge in [0.05, 0.1) is 29.0 Å². The van der Waals surface area contributed by atoms with Crippen LogP contribution < -0.4 is 31.9 Å². The zero-order valence-corrected chi connectivity index (χ0v) is 55.6. The highest BCUT2D eigenvalue weighted by atomic mass is 16.4. The summed E-state index contributed by atoms with van der Waals surface area (Å²) in [5.41, 5.74) is 8.68. The van der Waals surface area contributed by atoms with Crippen LogP contribution in [0.15, 0.2) is 140 Å². The number of fused-ring (bicyclic) bond motifs is 6. The first-order chi connectivity index (χ1) is 47.2. The predicted octanol–water partition coefficient (Wildman–Crippen LogP) is 7.60. The monoisotopic (exact) mass is 1320 g/mol. The maximum atomic E-state index is 15.5. The molecular formula is C76H82N12O10. The number of piperidine rings is 2. The normalized spacial score (nSPS) is 19.8. The molecule has 6 amide bonds. The molecule has 2 spiro atoms. The van der Waals surface area contributed by atoms with Crippen molar-refractivity contribution < 1.29 is 48.6 Å². The fourth-order valence-corrected chi connectivity index (χ4v) is 15.9. The Balaban J connectivity index is 0.750. The molecule has 0 radical (unpaired) electrons. The van der Waals surface area contributed by atoms with Crippen LogP contribution >= 0.6 is 0 Å². The van der Waals surface area contributed by atoms with Gasteiger partial charge in [-0.1, -0.05) is 92.7 Å². The van der Waals surface area contributed by atoms with Crippen LogP contribution in [0.3, 0.4) is 0 Å². The number of carbonyl (C=O) groups excluding carboxylic acids is 6. The fraction of sp³-hybridized carbons (Fsp3) is 0.368. The third-order valence-corrected chi connectivity index (χ3v) is 21.4. The Morgan fingerprint density at radius 1 is 0.541 bits per heavy atom. The molecule has 7 aromatic rings. The first-order valence-electron chi connectivity index (χ1n) is 33.6. The van der Waals surface area contributed by atoms with Gasteiger partial charge in [0.2, 0.25) is 35.4 Å². The van der Waals surface area contributed by atoms with Gasteiger partial charge < -0.3 is 51.9 Å². The van der Waals surface area contributed by atoms with E-state index >= 15 is 9.59 Å². The average Bonchev–Trinajstić information content (AvgIpc) is 1.57. The number of amides is 6. The van der Waals surface area contributed by atoms with E-state index in [9.17, 15) is 39.0 Å². The molecule has 2 unspecified atom stereocenters. The van der Waals surface area contributed by atoms with E-state index in [1.807, 2.05) is 142 Å². The molecule has 2 aliphatic carbocycles. The number of nitrogens with zero attached hydrogens (tertiary/aromatic N) is 6.